The lowest BCUT2D eigenvalue weighted by molar-refractivity contribution is 0.0798. The molecule has 1 aliphatic heterocycles. The molecule has 3 aromatic rings. The second kappa shape index (κ2) is 7.82. The van der Waals surface area contributed by atoms with E-state index >= 15 is 0 Å². The maximum atomic E-state index is 12.4. The number of likely N-dealkylation sites (tertiary alicyclic amines) is 1. The van der Waals surface area contributed by atoms with Crippen LogP contribution in [-0.4, -0.2) is 43.0 Å². The highest BCUT2D eigenvalue weighted by Crippen LogP contribution is 2.33. The number of fused-ring (bicyclic) bond motifs is 3. The van der Waals surface area contributed by atoms with Gasteiger partial charge in [0.15, 0.2) is 0 Å². The van der Waals surface area contributed by atoms with E-state index in [9.17, 15) is 4.79 Å². The molecule has 0 bridgehead atoms. The van der Waals surface area contributed by atoms with E-state index in [1.165, 1.54) is 7.11 Å². The molecule has 1 N–H and O–H groups in total. The van der Waals surface area contributed by atoms with Crippen LogP contribution in [0.2, 0.25) is 0 Å². The number of carbonyl (C=O) groups is 1. The SMILES string of the molecule is COC(=O)N1CCCC(NSC)C1Cc1cccc2c1oc1ccccc12. The number of para-hydroxylation sites is 2. The van der Waals surface area contributed by atoms with Gasteiger partial charge in [-0.05, 0) is 37.1 Å². The monoisotopic (exact) mass is 384 g/mol. The van der Waals surface area contributed by atoms with E-state index in [0.717, 1.165) is 53.3 Å². The van der Waals surface area contributed by atoms with E-state index in [2.05, 4.69) is 29.0 Å². The molecule has 5 nitrogen and oxygen atoms in total. The zero-order valence-corrected chi connectivity index (χ0v) is 16.4. The van der Waals surface area contributed by atoms with Crippen molar-refractivity contribution in [2.45, 2.75) is 31.3 Å². The van der Waals surface area contributed by atoms with Gasteiger partial charge in [0.1, 0.15) is 11.2 Å². The van der Waals surface area contributed by atoms with Crippen LogP contribution in [0, 0.1) is 0 Å². The van der Waals surface area contributed by atoms with Gasteiger partial charge in [0.05, 0.1) is 13.2 Å². The first-order chi connectivity index (χ1) is 13.2. The predicted octanol–water partition coefficient (Wildman–Crippen LogP) is 4.60. The number of piperidine rings is 1. The number of nitrogens with zero attached hydrogens (tertiary/aromatic N) is 1. The van der Waals surface area contributed by atoms with E-state index in [1.54, 1.807) is 11.9 Å². The molecule has 2 heterocycles. The minimum atomic E-state index is -0.260. The lowest BCUT2D eigenvalue weighted by Gasteiger charge is -2.40. The van der Waals surface area contributed by atoms with Crippen LogP contribution >= 0.6 is 11.9 Å². The Bertz CT molecular complexity index is 953. The first kappa shape index (κ1) is 18.2. The highest BCUT2D eigenvalue weighted by Gasteiger charge is 2.35. The van der Waals surface area contributed by atoms with Gasteiger partial charge in [-0.3, -0.25) is 4.72 Å². The van der Waals surface area contributed by atoms with Crippen molar-refractivity contribution in [3.05, 3.63) is 48.0 Å². The van der Waals surface area contributed by atoms with Gasteiger partial charge in [-0.2, -0.15) is 0 Å². The van der Waals surface area contributed by atoms with E-state index in [4.69, 9.17) is 9.15 Å². The average Bonchev–Trinajstić information content (AvgIpc) is 3.08. The summed E-state index contributed by atoms with van der Waals surface area (Å²) in [7, 11) is 1.45. The van der Waals surface area contributed by atoms with Crippen molar-refractivity contribution in [2.24, 2.45) is 0 Å². The van der Waals surface area contributed by atoms with Crippen LogP contribution in [0.25, 0.3) is 21.9 Å². The standard InChI is InChI=1S/C21H24N2O3S/c1-25-21(24)23-12-6-10-17(22-27-2)18(23)13-14-7-5-9-16-15-8-3-4-11-19(15)26-20(14)16/h3-5,7-9,11,17-18,22H,6,10,12-13H2,1-2H3. The molecule has 2 unspecified atom stereocenters. The van der Waals surface area contributed by atoms with E-state index in [0.29, 0.717) is 0 Å². The molecule has 1 aliphatic rings. The Kier molecular flexibility index (Phi) is 5.27. The van der Waals surface area contributed by atoms with Crippen LogP contribution in [0.1, 0.15) is 18.4 Å². The second-order valence-corrected chi connectivity index (χ2v) is 7.54. The Morgan fingerprint density at radius 2 is 2.07 bits per heavy atom. The topological polar surface area (TPSA) is 54.7 Å². The number of ether oxygens (including phenoxy) is 1. The zero-order valence-electron chi connectivity index (χ0n) is 15.6. The number of benzene rings is 2. The van der Waals surface area contributed by atoms with Gasteiger partial charge in [-0.25, -0.2) is 4.79 Å². The van der Waals surface area contributed by atoms with E-state index in [1.807, 2.05) is 29.4 Å². The number of nitrogens with one attached hydrogen (secondary N) is 1. The summed E-state index contributed by atoms with van der Waals surface area (Å²) in [5.74, 6) is 0. The maximum Gasteiger partial charge on any atom is 0.409 e. The Hall–Kier alpha value is -2.18. The summed E-state index contributed by atoms with van der Waals surface area (Å²) < 4.78 is 14.7. The minimum absolute atomic E-state index is 0.0254. The summed E-state index contributed by atoms with van der Waals surface area (Å²) in [6, 6.07) is 14.6. The smallest absolute Gasteiger partial charge is 0.409 e. The molecule has 4 rings (SSSR count). The molecular weight excluding hydrogens is 360 g/mol. The summed E-state index contributed by atoms with van der Waals surface area (Å²) in [6.07, 6.45) is 4.50. The van der Waals surface area contributed by atoms with Crippen LogP contribution in [0.5, 0.6) is 0 Å². The first-order valence-electron chi connectivity index (χ1n) is 9.25. The van der Waals surface area contributed by atoms with Gasteiger partial charge in [0.25, 0.3) is 0 Å². The molecule has 1 aromatic heterocycles. The predicted molar refractivity (Wildman–Crippen MR) is 110 cm³/mol. The van der Waals surface area contributed by atoms with Crippen LogP contribution < -0.4 is 4.72 Å². The zero-order chi connectivity index (χ0) is 18.8. The molecule has 2 aromatic carbocycles. The summed E-state index contributed by atoms with van der Waals surface area (Å²) in [6.45, 7) is 0.722. The van der Waals surface area contributed by atoms with Gasteiger partial charge < -0.3 is 14.1 Å². The van der Waals surface area contributed by atoms with Crippen LogP contribution in [0.15, 0.2) is 46.9 Å². The van der Waals surface area contributed by atoms with Gasteiger partial charge >= 0.3 is 6.09 Å². The molecule has 2 atom stereocenters. The quantitative estimate of drug-likeness (QED) is 0.667. The van der Waals surface area contributed by atoms with E-state index in [-0.39, 0.29) is 18.2 Å². The maximum absolute atomic E-state index is 12.4. The number of hydrogen-bond acceptors (Lipinski definition) is 5. The number of furan rings is 1. The van der Waals surface area contributed by atoms with Crippen molar-refractivity contribution in [1.29, 1.82) is 0 Å². The van der Waals surface area contributed by atoms with Gasteiger partial charge in [0, 0.05) is 23.4 Å². The number of rotatable bonds is 4. The van der Waals surface area contributed by atoms with Crippen LogP contribution in [0.4, 0.5) is 4.79 Å². The summed E-state index contributed by atoms with van der Waals surface area (Å²) in [4.78, 5) is 14.2. The van der Waals surface area contributed by atoms with Crippen LogP contribution in [0.3, 0.4) is 0 Å². The highest BCUT2D eigenvalue weighted by atomic mass is 32.2. The van der Waals surface area contributed by atoms with Crippen molar-refractivity contribution in [3.63, 3.8) is 0 Å². The molecular formula is C21H24N2O3S. The molecule has 0 aliphatic carbocycles. The first-order valence-corrected chi connectivity index (χ1v) is 10.5. The van der Waals surface area contributed by atoms with Crippen molar-refractivity contribution in [1.82, 2.24) is 9.62 Å². The molecule has 0 spiro atoms. The summed E-state index contributed by atoms with van der Waals surface area (Å²) in [5.41, 5.74) is 2.93. The third-order valence-electron chi connectivity index (χ3n) is 5.37. The van der Waals surface area contributed by atoms with Gasteiger partial charge in [-0.1, -0.05) is 48.3 Å². The highest BCUT2D eigenvalue weighted by molar-refractivity contribution is 7.96. The number of carbonyl (C=O) groups excluding carboxylic acids is 1. The molecule has 6 heteroatoms. The summed E-state index contributed by atoms with van der Waals surface area (Å²) >= 11 is 1.60. The average molecular weight is 385 g/mol. The number of amides is 1. The fourth-order valence-corrected chi connectivity index (χ4v) is 4.71. The van der Waals surface area contributed by atoms with Crippen LogP contribution in [-0.2, 0) is 11.2 Å². The lowest BCUT2D eigenvalue weighted by atomic mass is 9.91. The molecule has 0 saturated carbocycles. The minimum Gasteiger partial charge on any atom is -0.456 e. The Labute approximate surface area is 163 Å². The Balaban J connectivity index is 1.74. The fraction of sp³-hybridized carbons (Fsp3) is 0.381. The third-order valence-corrected chi connectivity index (χ3v) is 5.91. The molecule has 0 radical (unpaired) electrons. The van der Waals surface area contributed by atoms with Crippen molar-refractivity contribution in [2.75, 3.05) is 19.9 Å². The van der Waals surface area contributed by atoms with E-state index < -0.39 is 0 Å². The fourth-order valence-electron chi connectivity index (χ4n) is 4.13. The number of hydrogen-bond donors (Lipinski definition) is 1. The van der Waals surface area contributed by atoms with Gasteiger partial charge in [-0.15, -0.1) is 0 Å². The number of methoxy groups -OCH3 is 1. The molecule has 1 fully saturated rings. The van der Waals surface area contributed by atoms with Crippen molar-refractivity contribution >= 4 is 40.0 Å². The molecule has 1 amide bonds. The third kappa shape index (κ3) is 3.39. The molecule has 142 valence electrons. The Morgan fingerprint density at radius 3 is 2.89 bits per heavy atom. The van der Waals surface area contributed by atoms with Crippen molar-refractivity contribution < 1.29 is 13.9 Å². The summed E-state index contributed by atoms with van der Waals surface area (Å²) in [5, 5.41) is 2.25. The largest absolute Gasteiger partial charge is 0.456 e. The normalized spacial score (nSPS) is 20.3. The van der Waals surface area contributed by atoms with Gasteiger partial charge in [0.2, 0.25) is 0 Å². The lowest BCUT2D eigenvalue weighted by Crippen LogP contribution is -2.55. The Morgan fingerprint density at radius 1 is 1.26 bits per heavy atom. The molecule has 1 saturated heterocycles. The second-order valence-electron chi connectivity index (χ2n) is 6.90. The molecule has 27 heavy (non-hydrogen) atoms. The van der Waals surface area contributed by atoms with Crippen molar-refractivity contribution in [3.8, 4) is 0 Å².